The van der Waals surface area contributed by atoms with Crippen molar-refractivity contribution in [2.45, 2.75) is 40.0 Å². The van der Waals surface area contributed by atoms with Crippen LogP contribution in [-0.4, -0.2) is 33.8 Å². The summed E-state index contributed by atoms with van der Waals surface area (Å²) in [6.07, 6.45) is 2.81. The Bertz CT molecular complexity index is 325. The predicted molar refractivity (Wildman–Crippen MR) is 78.7 cm³/mol. The maximum absolute atomic E-state index is 11.8. The van der Waals surface area contributed by atoms with Gasteiger partial charge in [-0.3, -0.25) is 0 Å². The molecule has 1 fully saturated rings. The predicted octanol–water partition coefficient (Wildman–Crippen LogP) is 1.76. The third-order valence-electron chi connectivity index (χ3n) is 3.49. The van der Waals surface area contributed by atoms with Crippen molar-refractivity contribution in [3.8, 4) is 0 Å². The van der Waals surface area contributed by atoms with Crippen molar-refractivity contribution < 1.29 is 8.42 Å². The first-order chi connectivity index (χ1) is 7.83. The van der Waals surface area contributed by atoms with Gasteiger partial charge in [-0.15, -0.1) is 12.4 Å². The Hall–Kier alpha value is 0.160. The van der Waals surface area contributed by atoms with Crippen LogP contribution < -0.4 is 10.0 Å². The third kappa shape index (κ3) is 6.92. The first-order valence-electron chi connectivity index (χ1n) is 6.51. The van der Waals surface area contributed by atoms with Crippen molar-refractivity contribution in [1.29, 1.82) is 0 Å². The highest BCUT2D eigenvalue weighted by Crippen LogP contribution is 2.26. The van der Waals surface area contributed by atoms with E-state index < -0.39 is 10.0 Å². The summed E-state index contributed by atoms with van der Waals surface area (Å²) in [5, 5.41) is 3.30. The van der Waals surface area contributed by atoms with Gasteiger partial charge in [0.25, 0.3) is 0 Å². The van der Waals surface area contributed by atoms with E-state index in [1.807, 2.05) is 13.8 Å². The monoisotopic (exact) mass is 298 g/mol. The van der Waals surface area contributed by atoms with Crippen molar-refractivity contribution in [2.24, 2.45) is 11.3 Å². The molecule has 110 valence electrons. The Kier molecular flexibility index (Phi) is 7.75. The highest BCUT2D eigenvalue weighted by molar-refractivity contribution is 7.89. The molecule has 6 heteroatoms. The summed E-state index contributed by atoms with van der Waals surface area (Å²) in [4.78, 5) is 0. The molecule has 1 rings (SSSR count). The average molecular weight is 299 g/mol. The van der Waals surface area contributed by atoms with Gasteiger partial charge in [-0.1, -0.05) is 20.8 Å². The zero-order valence-corrected chi connectivity index (χ0v) is 13.3. The van der Waals surface area contributed by atoms with Crippen LogP contribution in [0.15, 0.2) is 0 Å². The standard InChI is InChI=1S/C12H26N2O2S.ClH/c1-11(2)4-9-17(15,16)14-10-12(3)5-7-13-8-6-12;/h11,13-14H,4-10H2,1-3H3;1H. The molecule has 1 aliphatic heterocycles. The van der Waals surface area contributed by atoms with Crippen molar-refractivity contribution in [1.82, 2.24) is 10.0 Å². The van der Waals surface area contributed by atoms with Crippen molar-refractivity contribution >= 4 is 22.4 Å². The van der Waals surface area contributed by atoms with Gasteiger partial charge >= 0.3 is 0 Å². The fourth-order valence-corrected chi connectivity index (χ4v) is 3.45. The maximum atomic E-state index is 11.8. The zero-order chi connectivity index (χ0) is 12.9. The Balaban J connectivity index is 0.00000289. The van der Waals surface area contributed by atoms with Gasteiger partial charge in [-0.05, 0) is 43.7 Å². The Morgan fingerprint density at radius 1 is 1.28 bits per heavy atom. The molecule has 0 atom stereocenters. The molecule has 1 saturated heterocycles. The van der Waals surface area contributed by atoms with Gasteiger partial charge in [-0.25, -0.2) is 13.1 Å². The number of sulfonamides is 1. The fraction of sp³-hybridized carbons (Fsp3) is 1.00. The average Bonchev–Trinajstić information content (AvgIpc) is 2.26. The van der Waals surface area contributed by atoms with E-state index in [-0.39, 0.29) is 23.6 Å². The van der Waals surface area contributed by atoms with Crippen LogP contribution >= 0.6 is 12.4 Å². The molecule has 0 aromatic carbocycles. The van der Waals surface area contributed by atoms with Crippen LogP contribution in [0.25, 0.3) is 0 Å². The van der Waals surface area contributed by atoms with E-state index in [9.17, 15) is 8.42 Å². The molecule has 0 saturated carbocycles. The summed E-state index contributed by atoms with van der Waals surface area (Å²) >= 11 is 0. The molecule has 2 N–H and O–H groups in total. The molecule has 0 spiro atoms. The van der Waals surface area contributed by atoms with Crippen LogP contribution in [0.4, 0.5) is 0 Å². The van der Waals surface area contributed by atoms with E-state index in [1.165, 1.54) is 0 Å². The van der Waals surface area contributed by atoms with Crippen LogP contribution in [0.2, 0.25) is 0 Å². The lowest BCUT2D eigenvalue weighted by molar-refractivity contribution is 0.232. The molecule has 0 aromatic heterocycles. The van der Waals surface area contributed by atoms with Gasteiger partial charge in [-0.2, -0.15) is 0 Å². The van der Waals surface area contributed by atoms with Crippen LogP contribution in [0.3, 0.4) is 0 Å². The van der Waals surface area contributed by atoms with Crippen molar-refractivity contribution in [3.05, 3.63) is 0 Å². The number of piperidine rings is 1. The molecule has 0 aliphatic carbocycles. The number of rotatable bonds is 6. The molecule has 0 bridgehead atoms. The van der Waals surface area contributed by atoms with E-state index in [0.29, 0.717) is 12.5 Å². The number of hydrogen-bond donors (Lipinski definition) is 2. The highest BCUT2D eigenvalue weighted by Gasteiger charge is 2.28. The third-order valence-corrected chi connectivity index (χ3v) is 4.85. The summed E-state index contributed by atoms with van der Waals surface area (Å²) < 4.78 is 26.4. The molecule has 0 amide bonds. The molecule has 0 aromatic rings. The van der Waals surface area contributed by atoms with Crippen LogP contribution in [0, 0.1) is 11.3 Å². The second-order valence-electron chi connectivity index (χ2n) is 5.88. The number of nitrogens with one attached hydrogen (secondary N) is 2. The van der Waals surface area contributed by atoms with Gasteiger partial charge in [0.2, 0.25) is 10.0 Å². The van der Waals surface area contributed by atoms with Crippen LogP contribution in [-0.2, 0) is 10.0 Å². The minimum absolute atomic E-state index is 0. The molecule has 0 radical (unpaired) electrons. The second-order valence-corrected chi connectivity index (χ2v) is 7.81. The maximum Gasteiger partial charge on any atom is 0.211 e. The Morgan fingerprint density at radius 2 is 1.83 bits per heavy atom. The minimum Gasteiger partial charge on any atom is -0.317 e. The summed E-state index contributed by atoms with van der Waals surface area (Å²) in [6, 6.07) is 0. The first-order valence-corrected chi connectivity index (χ1v) is 8.16. The Morgan fingerprint density at radius 3 is 2.33 bits per heavy atom. The van der Waals surface area contributed by atoms with E-state index in [2.05, 4.69) is 17.0 Å². The quantitative estimate of drug-likeness (QED) is 0.786. The normalized spacial score (nSPS) is 19.6. The molecular formula is C12H27ClN2O2S. The van der Waals surface area contributed by atoms with Gasteiger partial charge in [0, 0.05) is 6.54 Å². The first kappa shape index (κ1) is 18.2. The molecule has 1 aliphatic rings. The Labute approximate surface area is 118 Å². The lowest BCUT2D eigenvalue weighted by atomic mass is 9.81. The molecule has 4 nitrogen and oxygen atoms in total. The lowest BCUT2D eigenvalue weighted by Gasteiger charge is -2.34. The summed E-state index contributed by atoms with van der Waals surface area (Å²) in [6.45, 7) is 8.82. The van der Waals surface area contributed by atoms with Gasteiger partial charge < -0.3 is 5.32 Å². The SMILES string of the molecule is CC(C)CCS(=O)(=O)NCC1(C)CCNCC1.Cl. The zero-order valence-electron chi connectivity index (χ0n) is 11.7. The largest absolute Gasteiger partial charge is 0.317 e. The summed E-state index contributed by atoms with van der Waals surface area (Å²) in [5.41, 5.74) is 0.121. The smallest absolute Gasteiger partial charge is 0.211 e. The number of halogens is 1. The molecular weight excluding hydrogens is 272 g/mol. The lowest BCUT2D eigenvalue weighted by Crippen LogP contribution is -2.43. The van der Waals surface area contributed by atoms with Crippen LogP contribution in [0.5, 0.6) is 0 Å². The highest BCUT2D eigenvalue weighted by atomic mass is 35.5. The number of hydrogen-bond acceptors (Lipinski definition) is 3. The van der Waals surface area contributed by atoms with E-state index in [0.717, 1.165) is 32.4 Å². The van der Waals surface area contributed by atoms with E-state index in [4.69, 9.17) is 0 Å². The van der Waals surface area contributed by atoms with Crippen molar-refractivity contribution in [2.75, 3.05) is 25.4 Å². The van der Waals surface area contributed by atoms with Gasteiger partial charge in [0.15, 0.2) is 0 Å². The molecule has 0 unspecified atom stereocenters. The minimum atomic E-state index is -3.08. The molecule has 18 heavy (non-hydrogen) atoms. The van der Waals surface area contributed by atoms with E-state index >= 15 is 0 Å². The second kappa shape index (κ2) is 7.68. The fourth-order valence-electron chi connectivity index (χ4n) is 1.95. The summed E-state index contributed by atoms with van der Waals surface area (Å²) in [5.74, 6) is 0.681. The van der Waals surface area contributed by atoms with E-state index in [1.54, 1.807) is 0 Å². The summed E-state index contributed by atoms with van der Waals surface area (Å²) in [7, 11) is -3.08. The molecule has 1 heterocycles. The van der Waals surface area contributed by atoms with Gasteiger partial charge in [0.05, 0.1) is 5.75 Å². The van der Waals surface area contributed by atoms with Crippen LogP contribution in [0.1, 0.15) is 40.0 Å². The van der Waals surface area contributed by atoms with Crippen molar-refractivity contribution in [3.63, 3.8) is 0 Å². The topological polar surface area (TPSA) is 58.2 Å². The van der Waals surface area contributed by atoms with Gasteiger partial charge in [0.1, 0.15) is 0 Å².